The summed E-state index contributed by atoms with van der Waals surface area (Å²) in [6, 6.07) is 21.0. The minimum absolute atomic E-state index is 0.248. The van der Waals surface area contributed by atoms with E-state index in [-0.39, 0.29) is 12.3 Å². The Morgan fingerprint density at radius 2 is 1.72 bits per heavy atom. The first-order valence-corrected chi connectivity index (χ1v) is 9.33. The van der Waals surface area contributed by atoms with Crippen LogP contribution in [0.2, 0.25) is 0 Å². The van der Waals surface area contributed by atoms with Gasteiger partial charge in [0.25, 0.3) is 0 Å². The monoisotopic (exact) mass is 388 g/mol. The van der Waals surface area contributed by atoms with E-state index < -0.39 is 5.97 Å². The highest BCUT2D eigenvalue weighted by molar-refractivity contribution is 5.87. The number of aromatic nitrogens is 6. The zero-order valence-electron chi connectivity index (χ0n) is 16.0. The minimum atomic E-state index is -0.445. The molecule has 4 aromatic rings. The van der Waals surface area contributed by atoms with Crippen LogP contribution < -0.4 is 0 Å². The molecule has 0 bridgehead atoms. The zero-order valence-corrected chi connectivity index (χ0v) is 16.0. The summed E-state index contributed by atoms with van der Waals surface area (Å²) in [6.07, 6.45) is 0.578. The summed E-state index contributed by atoms with van der Waals surface area (Å²) in [4.78, 5) is 13.8. The number of hydrogen-bond acceptors (Lipinski definition) is 6. The molecule has 0 saturated carbocycles. The van der Waals surface area contributed by atoms with Crippen LogP contribution in [-0.4, -0.2) is 42.6 Å². The van der Waals surface area contributed by atoms with E-state index in [4.69, 9.17) is 4.74 Å². The normalized spacial score (nSPS) is 10.8. The van der Waals surface area contributed by atoms with E-state index in [1.807, 2.05) is 67.6 Å². The average Bonchev–Trinajstić information content (AvgIpc) is 3.39. The molecule has 0 radical (unpaired) electrons. The van der Waals surface area contributed by atoms with Crippen LogP contribution in [0, 0.1) is 6.92 Å². The third-order valence-electron chi connectivity index (χ3n) is 4.32. The van der Waals surface area contributed by atoms with Crippen molar-refractivity contribution >= 4 is 5.97 Å². The van der Waals surface area contributed by atoms with Gasteiger partial charge in [0.1, 0.15) is 0 Å². The average molecular weight is 388 g/mol. The number of ether oxygens (including phenoxy) is 1. The number of benzene rings is 2. The Balaban J connectivity index is 1.29. The Morgan fingerprint density at radius 1 is 1.00 bits per heavy atom. The molecule has 29 heavy (non-hydrogen) atoms. The molecule has 0 saturated heterocycles. The van der Waals surface area contributed by atoms with Gasteiger partial charge in [0.2, 0.25) is 5.82 Å². The van der Waals surface area contributed by atoms with Crippen molar-refractivity contribution in [1.82, 2.24) is 30.0 Å². The molecule has 0 amide bonds. The molecular formula is C21H20N6O2. The maximum Gasteiger partial charge on any atom is 0.358 e. The molecule has 0 aliphatic carbocycles. The van der Waals surface area contributed by atoms with Crippen LogP contribution in [0.3, 0.4) is 0 Å². The number of aryl methyl sites for hydroxylation is 2. The molecule has 8 heteroatoms. The quantitative estimate of drug-likeness (QED) is 0.357. The molecule has 2 aromatic carbocycles. The first kappa shape index (κ1) is 18.5. The van der Waals surface area contributed by atoms with E-state index in [0.717, 1.165) is 16.9 Å². The van der Waals surface area contributed by atoms with Gasteiger partial charge in [-0.25, -0.2) is 9.48 Å². The first-order chi connectivity index (χ1) is 14.2. The smallest absolute Gasteiger partial charge is 0.358 e. The van der Waals surface area contributed by atoms with E-state index in [1.165, 1.54) is 4.80 Å². The van der Waals surface area contributed by atoms with Crippen molar-refractivity contribution in [2.45, 2.75) is 19.9 Å². The number of nitrogens with zero attached hydrogens (tertiary/aromatic N) is 6. The van der Waals surface area contributed by atoms with Crippen molar-refractivity contribution in [1.29, 1.82) is 0 Å². The summed E-state index contributed by atoms with van der Waals surface area (Å²) < 4.78 is 7.06. The highest BCUT2D eigenvalue weighted by Crippen LogP contribution is 2.13. The number of rotatable bonds is 7. The van der Waals surface area contributed by atoms with Gasteiger partial charge < -0.3 is 4.74 Å². The second-order valence-electron chi connectivity index (χ2n) is 6.48. The van der Waals surface area contributed by atoms with Crippen molar-refractivity contribution in [3.05, 3.63) is 78.1 Å². The van der Waals surface area contributed by atoms with Crippen LogP contribution in [0.4, 0.5) is 0 Å². The third-order valence-corrected chi connectivity index (χ3v) is 4.32. The predicted octanol–water partition coefficient (Wildman–Crippen LogP) is 3.08. The zero-order chi connectivity index (χ0) is 20.1. The van der Waals surface area contributed by atoms with E-state index in [9.17, 15) is 4.79 Å². The molecule has 0 aliphatic rings. The maximum atomic E-state index is 12.3. The summed E-state index contributed by atoms with van der Waals surface area (Å²) >= 11 is 0. The van der Waals surface area contributed by atoms with Crippen LogP contribution in [-0.2, 0) is 11.3 Å². The van der Waals surface area contributed by atoms with Crippen LogP contribution in [0.5, 0.6) is 0 Å². The van der Waals surface area contributed by atoms with Crippen molar-refractivity contribution in [2.75, 3.05) is 6.61 Å². The molecule has 0 fully saturated rings. The van der Waals surface area contributed by atoms with Crippen LogP contribution in [0.15, 0.2) is 66.7 Å². The van der Waals surface area contributed by atoms with Gasteiger partial charge in [0.05, 0.1) is 18.8 Å². The highest BCUT2D eigenvalue weighted by atomic mass is 16.5. The van der Waals surface area contributed by atoms with Crippen LogP contribution in [0.1, 0.15) is 22.6 Å². The van der Waals surface area contributed by atoms with Crippen LogP contribution in [0.25, 0.3) is 17.1 Å². The molecule has 0 aliphatic heterocycles. The first-order valence-electron chi connectivity index (χ1n) is 9.33. The van der Waals surface area contributed by atoms with Gasteiger partial charge in [-0.15, -0.1) is 10.2 Å². The molecule has 2 aromatic heterocycles. The summed E-state index contributed by atoms with van der Waals surface area (Å²) in [5.41, 5.74) is 2.96. The van der Waals surface area contributed by atoms with Crippen LogP contribution >= 0.6 is 0 Å². The second-order valence-corrected chi connectivity index (χ2v) is 6.48. The fraction of sp³-hybridized carbons (Fsp3) is 0.190. The Labute approximate surface area is 167 Å². The van der Waals surface area contributed by atoms with E-state index in [2.05, 4.69) is 20.5 Å². The Morgan fingerprint density at radius 3 is 2.48 bits per heavy atom. The summed E-state index contributed by atoms with van der Waals surface area (Å²) in [7, 11) is 0. The second kappa shape index (κ2) is 8.47. The predicted molar refractivity (Wildman–Crippen MR) is 106 cm³/mol. The van der Waals surface area contributed by atoms with Gasteiger partial charge in [0, 0.05) is 17.7 Å². The van der Waals surface area contributed by atoms with Gasteiger partial charge in [-0.3, -0.25) is 0 Å². The number of hydrogen-bond donors (Lipinski definition) is 0. The molecular weight excluding hydrogens is 368 g/mol. The summed E-state index contributed by atoms with van der Waals surface area (Å²) in [6.45, 7) is 2.65. The van der Waals surface area contributed by atoms with Gasteiger partial charge in [0.15, 0.2) is 5.69 Å². The third kappa shape index (κ3) is 4.37. The van der Waals surface area contributed by atoms with Gasteiger partial charge in [-0.1, -0.05) is 48.5 Å². The Kier molecular flexibility index (Phi) is 5.42. The lowest BCUT2D eigenvalue weighted by Crippen LogP contribution is -2.11. The maximum absolute atomic E-state index is 12.3. The Hall–Kier alpha value is -3.81. The molecule has 2 heterocycles. The van der Waals surface area contributed by atoms with Gasteiger partial charge >= 0.3 is 5.97 Å². The van der Waals surface area contributed by atoms with Gasteiger partial charge in [-0.2, -0.15) is 9.90 Å². The van der Waals surface area contributed by atoms with Crippen molar-refractivity contribution in [3.63, 3.8) is 0 Å². The molecule has 8 nitrogen and oxygen atoms in total. The fourth-order valence-corrected chi connectivity index (χ4v) is 2.89. The van der Waals surface area contributed by atoms with E-state index >= 15 is 0 Å². The Bertz CT molecular complexity index is 1090. The number of esters is 1. The molecule has 0 unspecified atom stereocenters. The standard InChI is InChI=1S/C21H20N6O2/c1-16-15-19(23-27(16)18-11-6-3-7-12-18)21(28)29-14-8-13-26-24-20(22-25-26)17-9-4-2-5-10-17/h2-7,9-12,15H,8,13-14H2,1H3. The fourth-order valence-electron chi connectivity index (χ4n) is 2.89. The van der Waals surface area contributed by atoms with E-state index in [1.54, 1.807) is 10.7 Å². The minimum Gasteiger partial charge on any atom is -0.461 e. The lowest BCUT2D eigenvalue weighted by molar-refractivity contribution is 0.0486. The van der Waals surface area contributed by atoms with E-state index in [0.29, 0.717) is 18.8 Å². The largest absolute Gasteiger partial charge is 0.461 e. The molecule has 4 rings (SSSR count). The number of carbonyl (C=O) groups excluding carboxylic acids is 1. The number of carbonyl (C=O) groups is 1. The number of tetrazole rings is 1. The molecule has 0 atom stereocenters. The summed E-state index contributed by atoms with van der Waals surface area (Å²) in [5, 5.41) is 16.8. The topological polar surface area (TPSA) is 87.7 Å². The molecule has 146 valence electrons. The van der Waals surface area contributed by atoms with Gasteiger partial charge in [-0.05, 0) is 30.3 Å². The lowest BCUT2D eigenvalue weighted by Gasteiger charge is -2.03. The van der Waals surface area contributed by atoms with Crippen molar-refractivity contribution in [3.8, 4) is 17.1 Å². The molecule has 0 spiro atoms. The lowest BCUT2D eigenvalue weighted by atomic mass is 10.2. The summed E-state index contributed by atoms with van der Waals surface area (Å²) in [5.74, 6) is 0.129. The molecule has 0 N–H and O–H groups in total. The highest BCUT2D eigenvalue weighted by Gasteiger charge is 2.14. The number of para-hydroxylation sites is 1. The van der Waals surface area contributed by atoms with Crippen molar-refractivity contribution < 1.29 is 9.53 Å². The SMILES string of the molecule is Cc1cc(C(=O)OCCCn2nnc(-c3ccccc3)n2)nn1-c1ccccc1. The van der Waals surface area contributed by atoms with Crippen molar-refractivity contribution in [2.24, 2.45) is 0 Å².